The van der Waals surface area contributed by atoms with Crippen LogP contribution in [0.2, 0.25) is 0 Å². The first kappa shape index (κ1) is 10.4. The van der Waals surface area contributed by atoms with E-state index in [1.807, 2.05) is 0 Å². The lowest BCUT2D eigenvalue weighted by atomic mass is 9.80. The molecule has 2 atom stereocenters. The maximum absolute atomic E-state index is 3.71. The predicted octanol–water partition coefficient (Wildman–Crippen LogP) is 1.76. The lowest BCUT2D eigenvalue weighted by Crippen LogP contribution is -2.42. The van der Waals surface area contributed by atoms with Crippen LogP contribution in [-0.2, 0) is 0 Å². The lowest BCUT2D eigenvalue weighted by Gasteiger charge is -2.33. The van der Waals surface area contributed by atoms with Gasteiger partial charge in [0.15, 0.2) is 0 Å². The molecule has 1 saturated heterocycles. The lowest BCUT2D eigenvalue weighted by molar-refractivity contribution is 0.227. The van der Waals surface area contributed by atoms with Crippen molar-refractivity contribution in [2.24, 2.45) is 11.8 Å². The molecular weight excluding hydrogens is 172 g/mol. The number of hydrogen-bond donors (Lipinski definition) is 2. The minimum Gasteiger partial charge on any atom is -0.316 e. The van der Waals surface area contributed by atoms with Crippen LogP contribution in [0.1, 0.15) is 39.0 Å². The molecule has 2 nitrogen and oxygen atoms in total. The number of hydrogen-bond acceptors (Lipinski definition) is 2. The fourth-order valence-electron chi connectivity index (χ4n) is 2.56. The van der Waals surface area contributed by atoms with Crippen molar-refractivity contribution in [1.29, 1.82) is 0 Å². The van der Waals surface area contributed by atoms with Crippen molar-refractivity contribution in [2.45, 2.75) is 45.1 Å². The summed E-state index contributed by atoms with van der Waals surface area (Å²) in [5.74, 6) is 1.86. The van der Waals surface area contributed by atoms with Crippen LogP contribution >= 0.6 is 0 Å². The van der Waals surface area contributed by atoms with Gasteiger partial charge in [-0.25, -0.2) is 0 Å². The third-order valence-corrected chi connectivity index (χ3v) is 3.98. The highest BCUT2D eigenvalue weighted by Crippen LogP contribution is 2.29. The topological polar surface area (TPSA) is 24.1 Å². The molecule has 1 saturated carbocycles. The van der Waals surface area contributed by atoms with E-state index in [1.54, 1.807) is 0 Å². The molecule has 2 heteroatoms. The van der Waals surface area contributed by atoms with Gasteiger partial charge in [-0.15, -0.1) is 0 Å². The van der Waals surface area contributed by atoms with Crippen molar-refractivity contribution in [3.8, 4) is 0 Å². The molecule has 0 spiro atoms. The van der Waals surface area contributed by atoms with E-state index in [9.17, 15) is 0 Å². The Hall–Kier alpha value is -0.0800. The van der Waals surface area contributed by atoms with Crippen LogP contribution in [0.15, 0.2) is 0 Å². The molecule has 2 aliphatic rings. The summed E-state index contributed by atoms with van der Waals surface area (Å²) in [5, 5.41) is 7.19. The normalized spacial score (nSPS) is 31.1. The van der Waals surface area contributed by atoms with E-state index in [1.165, 1.54) is 51.7 Å². The van der Waals surface area contributed by atoms with Gasteiger partial charge in [0.05, 0.1) is 0 Å². The molecule has 1 aliphatic carbocycles. The highest BCUT2D eigenvalue weighted by molar-refractivity contribution is 4.81. The van der Waals surface area contributed by atoms with Gasteiger partial charge in [0.1, 0.15) is 0 Å². The Labute approximate surface area is 87.8 Å². The average Bonchev–Trinajstić information content (AvgIpc) is 2.14. The smallest absolute Gasteiger partial charge is 0.00671 e. The summed E-state index contributed by atoms with van der Waals surface area (Å²) < 4.78 is 0. The Balaban J connectivity index is 1.60. The Morgan fingerprint density at radius 3 is 2.71 bits per heavy atom. The molecule has 1 heterocycles. The number of nitrogens with one attached hydrogen (secondary N) is 2. The van der Waals surface area contributed by atoms with Crippen LogP contribution in [-0.4, -0.2) is 25.7 Å². The number of piperidine rings is 1. The molecule has 2 rings (SSSR count). The molecule has 14 heavy (non-hydrogen) atoms. The van der Waals surface area contributed by atoms with Crippen LogP contribution in [0.3, 0.4) is 0 Å². The molecule has 0 aromatic carbocycles. The van der Waals surface area contributed by atoms with Gasteiger partial charge in [-0.2, -0.15) is 0 Å². The summed E-state index contributed by atoms with van der Waals surface area (Å²) in [5.41, 5.74) is 0. The van der Waals surface area contributed by atoms with Gasteiger partial charge >= 0.3 is 0 Å². The van der Waals surface area contributed by atoms with Crippen LogP contribution in [0.5, 0.6) is 0 Å². The van der Waals surface area contributed by atoms with Gasteiger partial charge in [-0.05, 0) is 64.1 Å². The molecule has 2 fully saturated rings. The van der Waals surface area contributed by atoms with Crippen LogP contribution < -0.4 is 10.6 Å². The first-order chi connectivity index (χ1) is 6.86. The molecule has 0 amide bonds. The molecule has 0 aromatic rings. The summed E-state index contributed by atoms with van der Waals surface area (Å²) in [4.78, 5) is 0. The van der Waals surface area contributed by atoms with Crippen molar-refractivity contribution in [2.75, 3.05) is 19.6 Å². The van der Waals surface area contributed by atoms with Gasteiger partial charge in [-0.1, -0.05) is 6.42 Å². The zero-order chi connectivity index (χ0) is 9.80. The number of rotatable bonds is 4. The zero-order valence-corrected chi connectivity index (χ0v) is 9.39. The predicted molar refractivity (Wildman–Crippen MR) is 60.4 cm³/mol. The molecule has 1 aliphatic heterocycles. The van der Waals surface area contributed by atoms with Crippen molar-refractivity contribution in [3.05, 3.63) is 0 Å². The van der Waals surface area contributed by atoms with E-state index in [0.29, 0.717) is 0 Å². The second-order valence-electron chi connectivity index (χ2n) is 5.10. The first-order valence-corrected chi connectivity index (χ1v) is 6.30. The monoisotopic (exact) mass is 196 g/mol. The van der Waals surface area contributed by atoms with Crippen molar-refractivity contribution < 1.29 is 0 Å². The minimum absolute atomic E-state index is 0.755. The fraction of sp³-hybridized carbons (Fsp3) is 1.00. The van der Waals surface area contributed by atoms with Crippen LogP contribution in [0.25, 0.3) is 0 Å². The van der Waals surface area contributed by atoms with Gasteiger partial charge in [0.2, 0.25) is 0 Å². The zero-order valence-electron chi connectivity index (χ0n) is 9.39. The third-order valence-electron chi connectivity index (χ3n) is 3.98. The molecule has 0 aromatic heterocycles. The molecule has 2 N–H and O–H groups in total. The second-order valence-corrected chi connectivity index (χ2v) is 5.10. The van der Waals surface area contributed by atoms with Gasteiger partial charge in [-0.3, -0.25) is 0 Å². The van der Waals surface area contributed by atoms with E-state index in [-0.39, 0.29) is 0 Å². The van der Waals surface area contributed by atoms with Gasteiger partial charge < -0.3 is 10.6 Å². The van der Waals surface area contributed by atoms with Crippen molar-refractivity contribution in [3.63, 3.8) is 0 Å². The van der Waals surface area contributed by atoms with E-state index in [2.05, 4.69) is 17.6 Å². The largest absolute Gasteiger partial charge is 0.316 e. The minimum atomic E-state index is 0.755. The van der Waals surface area contributed by atoms with Crippen LogP contribution in [0, 0.1) is 11.8 Å². The van der Waals surface area contributed by atoms with Crippen molar-refractivity contribution in [1.82, 2.24) is 10.6 Å². The first-order valence-electron chi connectivity index (χ1n) is 6.30. The summed E-state index contributed by atoms with van der Waals surface area (Å²) in [6.07, 6.45) is 7.15. The maximum atomic E-state index is 3.71. The summed E-state index contributed by atoms with van der Waals surface area (Å²) >= 11 is 0. The highest BCUT2D eigenvalue weighted by atomic mass is 14.9. The molecule has 0 radical (unpaired) electrons. The average molecular weight is 196 g/mol. The molecule has 0 bridgehead atoms. The Morgan fingerprint density at radius 2 is 2.14 bits per heavy atom. The van der Waals surface area contributed by atoms with E-state index < -0.39 is 0 Å². The van der Waals surface area contributed by atoms with E-state index >= 15 is 0 Å². The Bertz CT molecular complexity index is 158. The SMILES string of the molecule is CC(NCC1CCCNC1)C1CCC1. The molecule has 2 unspecified atom stereocenters. The summed E-state index contributed by atoms with van der Waals surface area (Å²) in [6, 6.07) is 0.755. The fourth-order valence-corrected chi connectivity index (χ4v) is 2.56. The highest BCUT2D eigenvalue weighted by Gasteiger charge is 2.24. The summed E-state index contributed by atoms with van der Waals surface area (Å²) in [7, 11) is 0. The Morgan fingerprint density at radius 1 is 1.29 bits per heavy atom. The molecule has 82 valence electrons. The molecular formula is C12H24N2. The van der Waals surface area contributed by atoms with Gasteiger partial charge in [0.25, 0.3) is 0 Å². The van der Waals surface area contributed by atoms with Gasteiger partial charge in [0, 0.05) is 6.04 Å². The van der Waals surface area contributed by atoms with E-state index in [0.717, 1.165) is 17.9 Å². The standard InChI is InChI=1S/C12H24N2/c1-10(12-5-2-6-12)14-9-11-4-3-7-13-8-11/h10-14H,2-9H2,1H3. The van der Waals surface area contributed by atoms with Crippen LogP contribution in [0.4, 0.5) is 0 Å². The second kappa shape index (κ2) is 5.13. The van der Waals surface area contributed by atoms with Crippen molar-refractivity contribution >= 4 is 0 Å². The Kier molecular flexibility index (Phi) is 3.82. The quantitative estimate of drug-likeness (QED) is 0.716. The van der Waals surface area contributed by atoms with E-state index in [4.69, 9.17) is 0 Å². The summed E-state index contributed by atoms with van der Waals surface area (Å²) in [6.45, 7) is 6.05. The third kappa shape index (κ3) is 2.71. The maximum Gasteiger partial charge on any atom is 0.00671 e.